The van der Waals surface area contributed by atoms with E-state index < -0.39 is 0 Å². The summed E-state index contributed by atoms with van der Waals surface area (Å²) < 4.78 is 8.15. The van der Waals surface area contributed by atoms with Crippen molar-refractivity contribution in [3.63, 3.8) is 0 Å². The molecule has 1 amide bonds. The predicted octanol–water partition coefficient (Wildman–Crippen LogP) is 1.14. The smallest absolute Gasteiger partial charge is 0.272 e. The van der Waals surface area contributed by atoms with Gasteiger partial charge in [0.1, 0.15) is 6.33 Å². The van der Waals surface area contributed by atoms with E-state index in [4.69, 9.17) is 4.74 Å². The van der Waals surface area contributed by atoms with E-state index in [9.17, 15) is 9.59 Å². The second-order valence-electron chi connectivity index (χ2n) is 7.50. The van der Waals surface area contributed by atoms with Crippen LogP contribution >= 0.6 is 0 Å². The van der Waals surface area contributed by atoms with Crippen molar-refractivity contribution in [2.45, 2.75) is 26.4 Å². The minimum Gasteiger partial charge on any atom is -0.481 e. The SMILES string of the molecule is COc1ncccc1CNn1ccc(C)c(CC(=O)NCc2ccccc2-n2cnnn2)c1=O. The summed E-state index contributed by atoms with van der Waals surface area (Å²) in [5, 5.41) is 14.1. The molecule has 0 aliphatic rings. The van der Waals surface area contributed by atoms with Crippen LogP contribution in [0.4, 0.5) is 0 Å². The van der Waals surface area contributed by atoms with Crippen LogP contribution in [0.25, 0.3) is 5.69 Å². The van der Waals surface area contributed by atoms with Crippen molar-refractivity contribution in [2.24, 2.45) is 0 Å². The highest BCUT2D eigenvalue weighted by Crippen LogP contribution is 2.14. The molecule has 0 radical (unpaired) electrons. The highest BCUT2D eigenvalue weighted by atomic mass is 16.5. The Hall–Kier alpha value is -4.54. The van der Waals surface area contributed by atoms with E-state index in [2.05, 4.69) is 31.3 Å². The molecule has 34 heavy (non-hydrogen) atoms. The number of rotatable bonds is 9. The first-order chi connectivity index (χ1) is 16.6. The number of ether oxygens (including phenoxy) is 1. The minimum atomic E-state index is -0.285. The lowest BCUT2D eigenvalue weighted by molar-refractivity contribution is -0.120. The number of tetrazole rings is 1. The molecule has 0 spiro atoms. The number of hydrogen-bond acceptors (Lipinski definition) is 8. The first-order valence-corrected chi connectivity index (χ1v) is 10.6. The van der Waals surface area contributed by atoms with Crippen LogP contribution in [0.3, 0.4) is 0 Å². The highest BCUT2D eigenvalue weighted by Gasteiger charge is 2.14. The molecule has 11 heteroatoms. The van der Waals surface area contributed by atoms with Gasteiger partial charge in [0.15, 0.2) is 0 Å². The number of pyridine rings is 2. The van der Waals surface area contributed by atoms with Gasteiger partial charge < -0.3 is 15.5 Å². The molecule has 4 aromatic rings. The maximum Gasteiger partial charge on any atom is 0.272 e. The average molecular weight is 460 g/mol. The molecule has 3 heterocycles. The van der Waals surface area contributed by atoms with Crippen molar-refractivity contribution in [1.82, 2.24) is 35.2 Å². The van der Waals surface area contributed by atoms with Crippen molar-refractivity contribution in [3.05, 3.63) is 93.8 Å². The molecule has 4 rings (SSSR count). The largest absolute Gasteiger partial charge is 0.481 e. The number of aryl methyl sites for hydroxylation is 1. The van der Waals surface area contributed by atoms with E-state index in [1.807, 2.05) is 37.3 Å². The number of para-hydroxylation sites is 1. The maximum absolute atomic E-state index is 13.0. The number of hydrogen-bond donors (Lipinski definition) is 2. The van der Waals surface area contributed by atoms with Gasteiger partial charge in [0, 0.05) is 30.1 Å². The molecule has 0 atom stereocenters. The number of nitrogens with zero attached hydrogens (tertiary/aromatic N) is 6. The first kappa shape index (κ1) is 22.6. The van der Waals surface area contributed by atoms with Crippen LogP contribution in [-0.2, 0) is 24.3 Å². The van der Waals surface area contributed by atoms with Crippen LogP contribution in [0.1, 0.15) is 22.3 Å². The fourth-order valence-corrected chi connectivity index (χ4v) is 3.49. The van der Waals surface area contributed by atoms with E-state index >= 15 is 0 Å². The van der Waals surface area contributed by atoms with Gasteiger partial charge in [-0.3, -0.25) is 9.59 Å². The number of nitrogens with one attached hydrogen (secondary N) is 2. The summed E-state index contributed by atoms with van der Waals surface area (Å²) in [6.07, 6.45) is 4.73. The Balaban J connectivity index is 1.44. The number of carbonyl (C=O) groups excluding carboxylic acids is 1. The van der Waals surface area contributed by atoms with E-state index in [1.54, 1.807) is 31.6 Å². The van der Waals surface area contributed by atoms with Crippen LogP contribution in [0, 0.1) is 6.92 Å². The molecule has 0 aliphatic heterocycles. The zero-order chi connectivity index (χ0) is 23.9. The molecule has 3 aromatic heterocycles. The average Bonchev–Trinajstić information content (AvgIpc) is 3.40. The fourth-order valence-electron chi connectivity index (χ4n) is 3.49. The molecule has 2 N–H and O–H groups in total. The maximum atomic E-state index is 13.0. The lowest BCUT2D eigenvalue weighted by atomic mass is 10.1. The fraction of sp³-hybridized carbons (Fsp3) is 0.217. The summed E-state index contributed by atoms with van der Waals surface area (Å²) in [5.41, 5.74) is 6.34. The van der Waals surface area contributed by atoms with Crippen molar-refractivity contribution < 1.29 is 9.53 Å². The Morgan fingerprint density at radius 2 is 1.91 bits per heavy atom. The third-order valence-corrected chi connectivity index (χ3v) is 5.31. The number of amides is 1. The van der Waals surface area contributed by atoms with Crippen LogP contribution in [0.15, 0.2) is 66.0 Å². The quantitative estimate of drug-likeness (QED) is 0.380. The van der Waals surface area contributed by atoms with Crippen molar-refractivity contribution in [2.75, 3.05) is 12.5 Å². The number of benzene rings is 1. The second-order valence-corrected chi connectivity index (χ2v) is 7.50. The van der Waals surface area contributed by atoms with Crippen molar-refractivity contribution in [3.8, 4) is 11.6 Å². The third-order valence-electron chi connectivity index (χ3n) is 5.31. The normalized spacial score (nSPS) is 10.6. The molecule has 0 saturated carbocycles. The van der Waals surface area contributed by atoms with Crippen LogP contribution in [0.5, 0.6) is 5.88 Å². The van der Waals surface area contributed by atoms with Gasteiger partial charge in [-0.2, -0.15) is 0 Å². The Labute approximate surface area is 195 Å². The topological polar surface area (TPSA) is 129 Å². The van der Waals surface area contributed by atoms with Crippen LogP contribution in [-0.4, -0.2) is 42.9 Å². The van der Waals surface area contributed by atoms with Gasteiger partial charge in [-0.25, -0.2) is 14.3 Å². The van der Waals surface area contributed by atoms with Gasteiger partial charge in [-0.15, -0.1) is 5.10 Å². The summed E-state index contributed by atoms with van der Waals surface area (Å²) in [4.78, 5) is 29.9. The molecule has 1 aromatic carbocycles. The van der Waals surface area contributed by atoms with Gasteiger partial charge in [0.25, 0.3) is 5.56 Å². The standard InChI is InChI=1S/C23H24N8O3/c1-16-9-11-30(27-14-18-7-5-10-24-22(18)34-2)23(33)19(16)12-21(32)25-13-17-6-3-4-8-20(17)31-15-26-28-29-31/h3-11,15,27H,12-14H2,1-2H3,(H,25,32). The summed E-state index contributed by atoms with van der Waals surface area (Å²) in [7, 11) is 1.54. The molecule has 11 nitrogen and oxygen atoms in total. The summed E-state index contributed by atoms with van der Waals surface area (Å²) >= 11 is 0. The third kappa shape index (κ3) is 5.09. The summed E-state index contributed by atoms with van der Waals surface area (Å²) in [6.45, 7) is 2.42. The molecular weight excluding hydrogens is 436 g/mol. The molecule has 0 bridgehead atoms. The zero-order valence-electron chi connectivity index (χ0n) is 18.8. The van der Waals surface area contributed by atoms with E-state index in [0.717, 1.165) is 22.4 Å². The summed E-state index contributed by atoms with van der Waals surface area (Å²) in [5.74, 6) is 0.218. The first-order valence-electron chi connectivity index (χ1n) is 10.6. The molecule has 0 saturated heterocycles. The van der Waals surface area contributed by atoms with Gasteiger partial charge in [0.05, 0.1) is 25.8 Å². The number of methoxy groups -OCH3 is 1. The van der Waals surface area contributed by atoms with Gasteiger partial charge >= 0.3 is 0 Å². The van der Waals surface area contributed by atoms with Gasteiger partial charge in [0.2, 0.25) is 11.8 Å². The molecular formula is C23H24N8O3. The monoisotopic (exact) mass is 460 g/mol. The van der Waals surface area contributed by atoms with E-state index in [0.29, 0.717) is 18.0 Å². The van der Waals surface area contributed by atoms with Crippen LogP contribution in [0.2, 0.25) is 0 Å². The van der Waals surface area contributed by atoms with Gasteiger partial charge in [-0.1, -0.05) is 24.3 Å². The Kier molecular flexibility index (Phi) is 6.92. The lowest BCUT2D eigenvalue weighted by Gasteiger charge is -2.14. The van der Waals surface area contributed by atoms with E-state index in [1.165, 1.54) is 15.7 Å². The Morgan fingerprint density at radius 3 is 2.71 bits per heavy atom. The molecule has 0 fully saturated rings. The number of carbonyl (C=O) groups is 1. The number of aromatic nitrogens is 6. The van der Waals surface area contributed by atoms with Crippen molar-refractivity contribution >= 4 is 5.91 Å². The highest BCUT2D eigenvalue weighted by molar-refractivity contribution is 5.78. The van der Waals surface area contributed by atoms with Gasteiger partial charge in [-0.05, 0) is 46.7 Å². The molecule has 174 valence electrons. The van der Waals surface area contributed by atoms with Crippen LogP contribution < -0.4 is 21.0 Å². The second kappa shape index (κ2) is 10.4. The Bertz CT molecular complexity index is 1330. The molecule has 0 aliphatic carbocycles. The van der Waals surface area contributed by atoms with E-state index in [-0.39, 0.29) is 24.4 Å². The molecule has 0 unspecified atom stereocenters. The predicted molar refractivity (Wildman–Crippen MR) is 124 cm³/mol. The zero-order valence-corrected chi connectivity index (χ0v) is 18.8. The lowest BCUT2D eigenvalue weighted by Crippen LogP contribution is -2.34. The summed E-state index contributed by atoms with van der Waals surface area (Å²) in [6, 6.07) is 12.9. The minimum absolute atomic E-state index is 0.0452. The van der Waals surface area contributed by atoms with Crippen molar-refractivity contribution in [1.29, 1.82) is 0 Å². The Morgan fingerprint density at radius 1 is 1.09 bits per heavy atom.